The number of hydrogen-bond donors (Lipinski definition) is 1. The molecular formula is C14H20N2O. The van der Waals surface area contributed by atoms with Crippen molar-refractivity contribution < 1.29 is 4.74 Å². The highest BCUT2D eigenvalue weighted by atomic mass is 16.5. The van der Waals surface area contributed by atoms with E-state index in [0.717, 1.165) is 11.3 Å². The van der Waals surface area contributed by atoms with Gasteiger partial charge in [-0.25, -0.2) is 0 Å². The van der Waals surface area contributed by atoms with Gasteiger partial charge in [0.2, 0.25) is 0 Å². The van der Waals surface area contributed by atoms with E-state index in [1.807, 2.05) is 31.3 Å². The SMILES string of the molecule is CNC(c1ccc(OC)cc1)C(C#N)C(C)C. The molecule has 0 aliphatic heterocycles. The number of benzene rings is 1. The van der Waals surface area contributed by atoms with Gasteiger partial charge < -0.3 is 10.1 Å². The maximum Gasteiger partial charge on any atom is 0.118 e. The van der Waals surface area contributed by atoms with E-state index in [4.69, 9.17) is 4.74 Å². The molecule has 0 spiro atoms. The molecule has 2 atom stereocenters. The summed E-state index contributed by atoms with van der Waals surface area (Å²) in [5.41, 5.74) is 1.12. The molecule has 0 aliphatic rings. The van der Waals surface area contributed by atoms with E-state index < -0.39 is 0 Å². The van der Waals surface area contributed by atoms with Crippen molar-refractivity contribution in [3.63, 3.8) is 0 Å². The summed E-state index contributed by atoms with van der Waals surface area (Å²) in [7, 11) is 3.54. The summed E-state index contributed by atoms with van der Waals surface area (Å²) in [5, 5.41) is 12.5. The van der Waals surface area contributed by atoms with Gasteiger partial charge in [0.1, 0.15) is 5.75 Å². The van der Waals surface area contributed by atoms with Crippen molar-refractivity contribution in [3.05, 3.63) is 29.8 Å². The molecule has 1 aromatic rings. The summed E-state index contributed by atoms with van der Waals surface area (Å²) in [6.45, 7) is 4.14. The molecule has 0 saturated heterocycles. The highest BCUT2D eigenvalue weighted by molar-refractivity contribution is 5.30. The molecule has 0 bridgehead atoms. The number of ether oxygens (including phenoxy) is 1. The van der Waals surface area contributed by atoms with Crippen molar-refractivity contribution in [1.29, 1.82) is 5.26 Å². The first-order chi connectivity index (χ1) is 8.13. The minimum Gasteiger partial charge on any atom is -0.497 e. The standard InChI is InChI=1S/C14H20N2O/c1-10(2)13(9-15)14(16-3)11-5-7-12(17-4)8-6-11/h5-8,10,13-14,16H,1-4H3. The van der Waals surface area contributed by atoms with E-state index >= 15 is 0 Å². The van der Waals surface area contributed by atoms with Crippen LogP contribution in [0.1, 0.15) is 25.5 Å². The van der Waals surface area contributed by atoms with E-state index in [0.29, 0.717) is 5.92 Å². The van der Waals surface area contributed by atoms with E-state index in [1.165, 1.54) is 0 Å². The molecule has 1 aromatic carbocycles. The summed E-state index contributed by atoms with van der Waals surface area (Å²) in [6.07, 6.45) is 0. The van der Waals surface area contributed by atoms with E-state index in [1.54, 1.807) is 7.11 Å². The zero-order valence-electron chi connectivity index (χ0n) is 10.9. The van der Waals surface area contributed by atoms with Crippen LogP contribution >= 0.6 is 0 Å². The van der Waals surface area contributed by atoms with Crippen LogP contribution in [0.4, 0.5) is 0 Å². The first-order valence-corrected chi connectivity index (χ1v) is 5.84. The minimum absolute atomic E-state index is 0.0339. The number of hydrogen-bond acceptors (Lipinski definition) is 3. The molecule has 0 aromatic heterocycles. The third kappa shape index (κ3) is 3.21. The second-order valence-electron chi connectivity index (χ2n) is 4.44. The smallest absolute Gasteiger partial charge is 0.118 e. The van der Waals surface area contributed by atoms with E-state index in [-0.39, 0.29) is 12.0 Å². The van der Waals surface area contributed by atoms with Gasteiger partial charge in [0.25, 0.3) is 0 Å². The van der Waals surface area contributed by atoms with Crippen LogP contribution in [-0.2, 0) is 0 Å². The van der Waals surface area contributed by atoms with Crippen LogP contribution in [0, 0.1) is 23.2 Å². The van der Waals surface area contributed by atoms with Crippen molar-refractivity contribution in [2.75, 3.05) is 14.2 Å². The van der Waals surface area contributed by atoms with Crippen molar-refractivity contribution in [2.45, 2.75) is 19.9 Å². The Morgan fingerprint density at radius 1 is 1.24 bits per heavy atom. The lowest BCUT2D eigenvalue weighted by molar-refractivity contribution is 0.362. The zero-order valence-corrected chi connectivity index (χ0v) is 10.9. The summed E-state index contributed by atoms with van der Waals surface area (Å²) in [6, 6.07) is 10.3. The van der Waals surface area contributed by atoms with E-state index in [9.17, 15) is 5.26 Å². The van der Waals surface area contributed by atoms with Gasteiger partial charge in [-0.05, 0) is 30.7 Å². The minimum atomic E-state index is -0.0339. The molecular weight excluding hydrogens is 212 g/mol. The fourth-order valence-corrected chi connectivity index (χ4v) is 1.97. The lowest BCUT2D eigenvalue weighted by Crippen LogP contribution is -2.27. The maximum atomic E-state index is 9.25. The van der Waals surface area contributed by atoms with Crippen LogP contribution < -0.4 is 10.1 Å². The summed E-state index contributed by atoms with van der Waals surface area (Å²) >= 11 is 0. The highest BCUT2D eigenvalue weighted by Gasteiger charge is 2.24. The Balaban J connectivity index is 2.96. The van der Waals surface area contributed by atoms with Crippen molar-refractivity contribution >= 4 is 0 Å². The lowest BCUT2D eigenvalue weighted by atomic mass is 9.86. The Hall–Kier alpha value is -1.53. The third-order valence-electron chi connectivity index (χ3n) is 3.01. The molecule has 0 saturated carbocycles. The Bertz CT molecular complexity index is 378. The topological polar surface area (TPSA) is 45.0 Å². The Morgan fingerprint density at radius 3 is 2.18 bits per heavy atom. The molecule has 3 nitrogen and oxygen atoms in total. The van der Waals surface area contributed by atoms with Crippen LogP contribution in [0.3, 0.4) is 0 Å². The van der Waals surface area contributed by atoms with Crippen LogP contribution in [-0.4, -0.2) is 14.2 Å². The molecule has 0 fully saturated rings. The quantitative estimate of drug-likeness (QED) is 0.849. The zero-order chi connectivity index (χ0) is 12.8. The predicted octanol–water partition coefficient (Wildman–Crippen LogP) is 2.75. The van der Waals surface area contributed by atoms with Crippen LogP contribution in [0.15, 0.2) is 24.3 Å². The molecule has 17 heavy (non-hydrogen) atoms. The average Bonchev–Trinajstić information content (AvgIpc) is 2.35. The molecule has 2 unspecified atom stereocenters. The predicted molar refractivity (Wildman–Crippen MR) is 68.7 cm³/mol. The first-order valence-electron chi connectivity index (χ1n) is 5.84. The van der Waals surface area contributed by atoms with Crippen LogP contribution in [0.25, 0.3) is 0 Å². The average molecular weight is 232 g/mol. The van der Waals surface area contributed by atoms with Gasteiger partial charge in [0.15, 0.2) is 0 Å². The number of methoxy groups -OCH3 is 1. The monoisotopic (exact) mass is 232 g/mol. The van der Waals surface area contributed by atoms with Crippen molar-refractivity contribution in [2.24, 2.45) is 11.8 Å². The third-order valence-corrected chi connectivity index (χ3v) is 3.01. The largest absolute Gasteiger partial charge is 0.497 e. The second kappa shape index (κ2) is 6.27. The summed E-state index contributed by atoms with van der Waals surface area (Å²) < 4.78 is 5.13. The molecule has 0 amide bonds. The van der Waals surface area contributed by atoms with Gasteiger partial charge in [-0.15, -0.1) is 0 Å². The summed E-state index contributed by atoms with van der Waals surface area (Å²) in [5.74, 6) is 1.12. The van der Waals surface area contributed by atoms with Crippen LogP contribution in [0.2, 0.25) is 0 Å². The maximum absolute atomic E-state index is 9.25. The fraction of sp³-hybridized carbons (Fsp3) is 0.500. The first kappa shape index (κ1) is 13.5. The van der Waals surface area contributed by atoms with Crippen molar-refractivity contribution in [1.82, 2.24) is 5.32 Å². The number of nitriles is 1. The molecule has 1 N–H and O–H groups in total. The molecule has 0 heterocycles. The van der Waals surface area contributed by atoms with Gasteiger partial charge >= 0.3 is 0 Å². The fourth-order valence-electron chi connectivity index (χ4n) is 1.97. The van der Waals surface area contributed by atoms with Crippen molar-refractivity contribution in [3.8, 4) is 11.8 Å². The number of nitrogens with one attached hydrogen (secondary N) is 1. The van der Waals surface area contributed by atoms with Crippen LogP contribution in [0.5, 0.6) is 5.75 Å². The summed E-state index contributed by atoms with van der Waals surface area (Å²) in [4.78, 5) is 0. The normalized spacial score (nSPS) is 14.1. The molecule has 3 heteroatoms. The van der Waals surface area contributed by atoms with Gasteiger partial charge in [-0.3, -0.25) is 0 Å². The second-order valence-corrected chi connectivity index (χ2v) is 4.44. The molecule has 0 aliphatic carbocycles. The van der Waals surface area contributed by atoms with E-state index in [2.05, 4.69) is 25.2 Å². The Morgan fingerprint density at radius 2 is 1.82 bits per heavy atom. The Kier molecular flexibility index (Phi) is 4.99. The van der Waals surface area contributed by atoms with Gasteiger partial charge in [-0.1, -0.05) is 26.0 Å². The van der Waals surface area contributed by atoms with Gasteiger partial charge in [0, 0.05) is 6.04 Å². The molecule has 1 rings (SSSR count). The highest BCUT2D eigenvalue weighted by Crippen LogP contribution is 2.28. The van der Waals surface area contributed by atoms with Gasteiger partial charge in [0.05, 0.1) is 19.1 Å². The Labute approximate surface area is 103 Å². The molecule has 0 radical (unpaired) electrons. The van der Waals surface area contributed by atoms with Gasteiger partial charge in [-0.2, -0.15) is 5.26 Å². The number of rotatable bonds is 5. The molecule has 92 valence electrons. The lowest BCUT2D eigenvalue weighted by Gasteiger charge is -2.24. The number of nitrogens with zero attached hydrogens (tertiary/aromatic N) is 1.